The Morgan fingerprint density at radius 1 is 1.16 bits per heavy atom. The Kier molecular flexibility index (Phi) is 6.42. The second-order valence-corrected chi connectivity index (χ2v) is 10.9. The van der Waals surface area contributed by atoms with Crippen LogP contribution in [0.1, 0.15) is 13.3 Å². The van der Waals surface area contributed by atoms with Crippen molar-refractivity contribution in [1.82, 2.24) is 4.90 Å². The predicted octanol–water partition coefficient (Wildman–Crippen LogP) is 3.64. The Morgan fingerprint density at radius 2 is 1.74 bits per heavy atom. The predicted molar refractivity (Wildman–Crippen MR) is 121 cm³/mol. The van der Waals surface area contributed by atoms with E-state index in [4.69, 9.17) is 27.9 Å². The largest absolute Gasteiger partial charge is 0.454 e. The zero-order valence-corrected chi connectivity index (χ0v) is 20.9. The number of imide groups is 1. The number of amides is 3. The van der Waals surface area contributed by atoms with Crippen LogP contribution in [0.5, 0.6) is 0 Å². The van der Waals surface area contributed by atoms with Gasteiger partial charge in [0.1, 0.15) is 6.04 Å². The number of hydrogen-bond acceptors (Lipinski definition) is 5. The van der Waals surface area contributed by atoms with E-state index < -0.39 is 36.4 Å². The Labute approximate surface area is 205 Å². The number of carbonyl (C=O) groups excluding carboxylic acids is 4. The molecule has 1 N–H and O–H groups in total. The SMILES string of the molecule is C[C@H](C(=O)OCC(=O)Nc1cccc(Cl)c1Cl)N1C(=O)[C@@H]2[C@H]3C[C@@H]([C@@H](Br)[C@H]3Br)[C@H]2C1=O. The minimum atomic E-state index is -1.12. The first-order valence-corrected chi connectivity index (χ1v) is 12.3. The minimum absolute atomic E-state index is 0.0530. The maximum absolute atomic E-state index is 13.0. The molecule has 2 saturated carbocycles. The standard InChI is InChI=1S/C20H18Br2Cl2N2O5/c1-7(20(30)31-6-12(27)25-11-4-2-3-10(23)17(11)24)26-18(28)13-8-5-9(14(13)19(26)29)16(22)15(8)21/h2-4,7-9,13-16H,5-6H2,1H3,(H,25,27)/t7-,8-,9-,13-,14-,15-,16+/m1/s1. The third kappa shape index (κ3) is 3.81. The molecule has 11 heteroatoms. The summed E-state index contributed by atoms with van der Waals surface area (Å²) in [5, 5.41) is 2.94. The number of anilines is 1. The normalized spacial score (nSPS) is 32.2. The Balaban J connectivity index is 1.38. The van der Waals surface area contributed by atoms with E-state index in [1.807, 2.05) is 0 Å². The zero-order valence-electron chi connectivity index (χ0n) is 16.2. The van der Waals surface area contributed by atoms with Gasteiger partial charge in [-0.05, 0) is 37.3 Å². The molecule has 7 nitrogen and oxygen atoms in total. The molecule has 0 unspecified atom stereocenters. The molecule has 3 fully saturated rings. The van der Waals surface area contributed by atoms with Crippen molar-refractivity contribution in [2.24, 2.45) is 23.7 Å². The number of esters is 1. The molecule has 0 radical (unpaired) electrons. The molecule has 31 heavy (non-hydrogen) atoms. The number of hydrogen-bond donors (Lipinski definition) is 1. The van der Waals surface area contributed by atoms with Crippen LogP contribution in [-0.4, -0.2) is 50.9 Å². The van der Waals surface area contributed by atoms with Crippen LogP contribution < -0.4 is 5.32 Å². The number of halogens is 4. The van der Waals surface area contributed by atoms with Crippen LogP contribution in [0.2, 0.25) is 10.0 Å². The maximum atomic E-state index is 13.0. The molecule has 2 bridgehead atoms. The van der Waals surface area contributed by atoms with Crippen molar-refractivity contribution in [3.8, 4) is 0 Å². The summed E-state index contributed by atoms with van der Waals surface area (Å²) < 4.78 is 5.06. The van der Waals surface area contributed by atoms with Crippen LogP contribution in [0.25, 0.3) is 0 Å². The third-order valence-corrected chi connectivity index (χ3v) is 10.3. The molecule has 2 aliphatic carbocycles. The first kappa shape index (κ1) is 23.0. The maximum Gasteiger partial charge on any atom is 0.329 e. The molecular weight excluding hydrogens is 579 g/mol. The van der Waals surface area contributed by atoms with E-state index in [1.54, 1.807) is 18.2 Å². The van der Waals surface area contributed by atoms with E-state index in [0.29, 0.717) is 0 Å². The summed E-state index contributed by atoms with van der Waals surface area (Å²) in [6.45, 7) is 0.845. The average Bonchev–Trinajstić information content (AvgIpc) is 3.34. The van der Waals surface area contributed by atoms with Gasteiger partial charge in [0.25, 0.3) is 5.91 Å². The summed E-state index contributed by atoms with van der Waals surface area (Å²) in [4.78, 5) is 51.8. The molecule has 0 aromatic heterocycles. The number of nitrogens with one attached hydrogen (secondary N) is 1. The van der Waals surface area contributed by atoms with Crippen molar-refractivity contribution in [2.75, 3.05) is 11.9 Å². The lowest BCUT2D eigenvalue weighted by molar-refractivity contribution is -0.159. The summed E-state index contributed by atoms with van der Waals surface area (Å²) >= 11 is 19.2. The topological polar surface area (TPSA) is 92.8 Å². The van der Waals surface area contributed by atoms with Crippen LogP contribution in [0.3, 0.4) is 0 Å². The van der Waals surface area contributed by atoms with Gasteiger partial charge >= 0.3 is 5.97 Å². The molecule has 0 spiro atoms. The van der Waals surface area contributed by atoms with E-state index in [9.17, 15) is 19.2 Å². The van der Waals surface area contributed by atoms with Gasteiger partial charge in [0.2, 0.25) is 11.8 Å². The van der Waals surface area contributed by atoms with Gasteiger partial charge < -0.3 is 10.1 Å². The summed E-state index contributed by atoms with van der Waals surface area (Å²) in [6.07, 6.45) is 0.803. The molecule has 4 rings (SSSR count). The molecule has 1 aromatic rings. The highest BCUT2D eigenvalue weighted by atomic mass is 79.9. The molecule has 166 valence electrons. The van der Waals surface area contributed by atoms with Gasteiger partial charge in [0.05, 0.1) is 27.6 Å². The smallest absolute Gasteiger partial charge is 0.329 e. The first-order valence-electron chi connectivity index (χ1n) is 9.69. The van der Waals surface area contributed by atoms with Crippen LogP contribution in [0.15, 0.2) is 18.2 Å². The summed E-state index contributed by atoms with van der Waals surface area (Å²) in [6, 6.07) is 3.62. The van der Waals surface area contributed by atoms with Crippen LogP contribution in [-0.2, 0) is 23.9 Å². The van der Waals surface area contributed by atoms with Crippen molar-refractivity contribution < 1.29 is 23.9 Å². The highest BCUT2D eigenvalue weighted by Crippen LogP contribution is 2.60. The Hall–Kier alpha value is -1.16. The van der Waals surface area contributed by atoms with Gasteiger partial charge in [0.15, 0.2) is 6.61 Å². The van der Waals surface area contributed by atoms with Gasteiger partial charge in [-0.15, -0.1) is 0 Å². The van der Waals surface area contributed by atoms with Gasteiger partial charge in [-0.25, -0.2) is 4.79 Å². The van der Waals surface area contributed by atoms with Gasteiger partial charge in [-0.2, -0.15) is 0 Å². The lowest BCUT2D eigenvalue weighted by Gasteiger charge is -2.28. The highest BCUT2D eigenvalue weighted by Gasteiger charge is 2.67. The zero-order chi connectivity index (χ0) is 22.6. The van der Waals surface area contributed by atoms with E-state index >= 15 is 0 Å². The van der Waals surface area contributed by atoms with Gasteiger partial charge in [0, 0.05) is 9.65 Å². The first-order chi connectivity index (χ1) is 14.6. The average molecular weight is 597 g/mol. The second kappa shape index (κ2) is 8.65. The van der Waals surface area contributed by atoms with E-state index in [1.165, 1.54) is 6.92 Å². The van der Waals surface area contributed by atoms with Crippen molar-refractivity contribution >= 4 is 84.4 Å². The fourth-order valence-corrected chi connectivity index (χ4v) is 7.12. The Bertz CT molecular complexity index is 945. The fraction of sp³-hybridized carbons (Fsp3) is 0.500. The molecule has 1 aliphatic heterocycles. The van der Waals surface area contributed by atoms with Crippen molar-refractivity contribution in [3.05, 3.63) is 28.2 Å². The molecule has 3 amide bonds. The summed E-state index contributed by atoms with van der Waals surface area (Å²) in [5.41, 5.74) is 0.283. The molecule has 3 aliphatic rings. The van der Waals surface area contributed by atoms with Crippen molar-refractivity contribution in [2.45, 2.75) is 29.0 Å². The second-order valence-electron chi connectivity index (χ2n) is 7.98. The molecule has 1 saturated heterocycles. The molecule has 7 atom stereocenters. The number of alkyl halides is 2. The summed E-state index contributed by atoms with van der Waals surface area (Å²) in [5.74, 6) is -2.86. The van der Waals surface area contributed by atoms with E-state index in [0.717, 1.165) is 11.3 Å². The van der Waals surface area contributed by atoms with Crippen LogP contribution in [0.4, 0.5) is 5.69 Å². The number of likely N-dealkylation sites (tertiary alicyclic amines) is 1. The van der Waals surface area contributed by atoms with E-state index in [2.05, 4.69) is 37.2 Å². The monoisotopic (exact) mass is 594 g/mol. The lowest BCUT2D eigenvalue weighted by Crippen LogP contribution is -2.45. The van der Waals surface area contributed by atoms with Gasteiger partial charge in [-0.3, -0.25) is 19.3 Å². The van der Waals surface area contributed by atoms with Crippen molar-refractivity contribution in [3.63, 3.8) is 0 Å². The third-order valence-electron chi connectivity index (χ3n) is 6.32. The number of carbonyl (C=O) groups is 4. The number of ether oxygens (including phenoxy) is 1. The molecular formula is C20H18Br2Cl2N2O5. The molecule has 1 heterocycles. The van der Waals surface area contributed by atoms with Gasteiger partial charge in [-0.1, -0.05) is 61.1 Å². The number of nitrogens with zero attached hydrogens (tertiary/aromatic N) is 1. The summed E-state index contributed by atoms with van der Waals surface area (Å²) in [7, 11) is 0. The highest BCUT2D eigenvalue weighted by molar-refractivity contribution is 9.12. The van der Waals surface area contributed by atoms with Crippen molar-refractivity contribution in [1.29, 1.82) is 0 Å². The number of fused-ring (bicyclic) bond motifs is 5. The lowest BCUT2D eigenvalue weighted by atomic mass is 9.81. The quantitative estimate of drug-likeness (QED) is 0.318. The van der Waals surface area contributed by atoms with Crippen LogP contribution in [0, 0.1) is 23.7 Å². The number of benzene rings is 1. The Morgan fingerprint density at radius 3 is 2.32 bits per heavy atom. The fourth-order valence-electron chi connectivity index (χ4n) is 4.90. The van der Waals surface area contributed by atoms with Crippen LogP contribution >= 0.6 is 55.1 Å². The number of rotatable bonds is 5. The molecule has 1 aromatic carbocycles. The van der Waals surface area contributed by atoms with E-state index in [-0.39, 0.29) is 49.0 Å². The minimum Gasteiger partial charge on any atom is -0.454 e.